The number of phenolic OH excluding ortho intramolecular Hbond substituents is 1. The summed E-state index contributed by atoms with van der Waals surface area (Å²) >= 11 is 1.46. The second-order valence-corrected chi connectivity index (χ2v) is 6.19. The zero-order valence-corrected chi connectivity index (χ0v) is 14.4. The Morgan fingerprint density at radius 2 is 2.00 bits per heavy atom. The number of phenols is 1. The van der Waals surface area contributed by atoms with Crippen LogP contribution in [0.4, 0.5) is 5.69 Å². The molecule has 1 N–H and O–H groups in total. The molecule has 0 radical (unpaired) electrons. The monoisotopic (exact) mass is 362 g/mol. The van der Waals surface area contributed by atoms with Gasteiger partial charge in [0.25, 0.3) is 0 Å². The molecule has 4 rings (SSSR count). The van der Waals surface area contributed by atoms with Gasteiger partial charge in [-0.25, -0.2) is 9.67 Å². The van der Waals surface area contributed by atoms with Crippen LogP contribution in [0.1, 0.15) is 5.56 Å². The fourth-order valence-corrected chi connectivity index (χ4v) is 3.14. The van der Waals surface area contributed by atoms with Crippen LogP contribution in [0.25, 0.3) is 11.5 Å². The van der Waals surface area contributed by atoms with Gasteiger partial charge in [-0.05, 0) is 54.1 Å². The molecule has 0 amide bonds. The van der Waals surface area contributed by atoms with Gasteiger partial charge in [0.15, 0.2) is 5.76 Å². The molecule has 0 aliphatic carbocycles. The number of nitrogens with zero attached hydrogens (tertiary/aromatic N) is 4. The van der Waals surface area contributed by atoms with Crippen molar-refractivity contribution < 1.29 is 9.52 Å². The van der Waals surface area contributed by atoms with E-state index < -0.39 is 0 Å². The Kier molecular flexibility index (Phi) is 4.44. The quantitative estimate of drug-likeness (QED) is 0.557. The second kappa shape index (κ2) is 7.20. The minimum Gasteiger partial charge on any atom is -0.508 e. The number of hydrogen-bond donors (Lipinski definition) is 1. The maximum absolute atomic E-state index is 9.40. The number of pyridine rings is 1. The van der Waals surface area contributed by atoms with Crippen LogP contribution < -0.4 is 4.80 Å². The van der Waals surface area contributed by atoms with Gasteiger partial charge in [0.2, 0.25) is 4.80 Å². The lowest BCUT2D eigenvalue weighted by Gasteiger charge is -2.01. The van der Waals surface area contributed by atoms with E-state index in [0.717, 1.165) is 16.9 Å². The summed E-state index contributed by atoms with van der Waals surface area (Å²) in [7, 11) is 0. The summed E-state index contributed by atoms with van der Waals surface area (Å²) in [4.78, 5) is 9.41. The zero-order valence-electron chi connectivity index (χ0n) is 13.6. The Labute approximate surface area is 153 Å². The van der Waals surface area contributed by atoms with Gasteiger partial charge in [0, 0.05) is 11.6 Å². The Hall–Kier alpha value is -3.45. The van der Waals surface area contributed by atoms with E-state index in [4.69, 9.17) is 4.42 Å². The van der Waals surface area contributed by atoms with Gasteiger partial charge in [-0.3, -0.25) is 4.98 Å². The summed E-state index contributed by atoms with van der Waals surface area (Å²) in [5.41, 5.74) is 2.41. The number of benzene rings is 1. The Balaban J connectivity index is 1.81. The van der Waals surface area contributed by atoms with Crippen LogP contribution >= 0.6 is 11.3 Å². The maximum atomic E-state index is 9.40. The van der Waals surface area contributed by atoms with Crippen LogP contribution in [0.15, 0.2) is 87.1 Å². The minimum absolute atomic E-state index is 0.217. The maximum Gasteiger partial charge on any atom is 0.211 e. The van der Waals surface area contributed by atoms with Crippen LogP contribution in [0.2, 0.25) is 0 Å². The van der Waals surface area contributed by atoms with Crippen molar-refractivity contribution in [2.24, 2.45) is 10.1 Å². The number of hydrogen-bond acceptors (Lipinski definition) is 6. The first-order valence-corrected chi connectivity index (χ1v) is 8.70. The Bertz CT molecular complexity index is 1080. The lowest BCUT2D eigenvalue weighted by atomic mass is 10.2. The number of furan rings is 1. The van der Waals surface area contributed by atoms with E-state index in [1.54, 1.807) is 53.8 Å². The number of aromatic nitrogens is 2. The molecule has 3 aromatic heterocycles. The minimum atomic E-state index is 0.217. The third-order valence-electron chi connectivity index (χ3n) is 3.55. The van der Waals surface area contributed by atoms with Crippen molar-refractivity contribution in [2.75, 3.05) is 0 Å². The van der Waals surface area contributed by atoms with Crippen molar-refractivity contribution in [2.45, 2.75) is 0 Å². The van der Waals surface area contributed by atoms with E-state index in [1.807, 2.05) is 29.6 Å². The first kappa shape index (κ1) is 16.0. The molecule has 0 saturated carbocycles. The smallest absolute Gasteiger partial charge is 0.211 e. The molecule has 0 aliphatic heterocycles. The molecule has 0 unspecified atom stereocenters. The van der Waals surface area contributed by atoms with Crippen LogP contribution in [0.3, 0.4) is 0 Å². The highest BCUT2D eigenvalue weighted by atomic mass is 32.1. The number of aromatic hydroxyl groups is 1. The molecule has 26 heavy (non-hydrogen) atoms. The SMILES string of the molecule is Oc1ccc(C=Nn2c(-c3ccco3)csc2=Nc2cccnc2)cc1. The molecule has 0 saturated heterocycles. The highest BCUT2D eigenvalue weighted by Crippen LogP contribution is 2.21. The van der Waals surface area contributed by atoms with Crippen molar-refractivity contribution in [3.63, 3.8) is 0 Å². The van der Waals surface area contributed by atoms with Crippen LogP contribution in [0, 0.1) is 0 Å². The van der Waals surface area contributed by atoms with Crippen LogP contribution in [0.5, 0.6) is 5.75 Å². The molecule has 0 spiro atoms. The number of thiazole rings is 1. The van der Waals surface area contributed by atoms with E-state index >= 15 is 0 Å². The first-order chi connectivity index (χ1) is 12.8. The predicted molar refractivity (Wildman–Crippen MR) is 101 cm³/mol. The van der Waals surface area contributed by atoms with Crippen LogP contribution in [-0.2, 0) is 0 Å². The Morgan fingerprint density at radius 3 is 2.73 bits per heavy atom. The number of rotatable bonds is 4. The predicted octanol–water partition coefficient (Wildman–Crippen LogP) is 4.02. The summed E-state index contributed by atoms with van der Waals surface area (Å²) in [6, 6.07) is 14.2. The molecule has 0 bridgehead atoms. The summed E-state index contributed by atoms with van der Waals surface area (Å²) in [5, 5.41) is 15.9. The summed E-state index contributed by atoms with van der Waals surface area (Å²) in [6.45, 7) is 0. The van der Waals surface area contributed by atoms with E-state index in [-0.39, 0.29) is 5.75 Å². The van der Waals surface area contributed by atoms with Gasteiger partial charge < -0.3 is 9.52 Å². The largest absolute Gasteiger partial charge is 0.508 e. The lowest BCUT2D eigenvalue weighted by molar-refractivity contribution is 0.475. The molecule has 0 fully saturated rings. The third-order valence-corrected chi connectivity index (χ3v) is 4.36. The van der Waals surface area contributed by atoms with Gasteiger partial charge >= 0.3 is 0 Å². The molecule has 6 nitrogen and oxygen atoms in total. The van der Waals surface area contributed by atoms with Gasteiger partial charge in [-0.15, -0.1) is 11.3 Å². The molecule has 4 aromatic rings. The van der Waals surface area contributed by atoms with Crippen molar-refractivity contribution in [1.29, 1.82) is 0 Å². The molecular formula is C19H14N4O2S. The average molecular weight is 362 g/mol. The molecule has 0 aliphatic rings. The fraction of sp³-hybridized carbons (Fsp3) is 0. The van der Waals surface area contributed by atoms with Gasteiger partial charge in [0.1, 0.15) is 11.4 Å². The highest BCUT2D eigenvalue weighted by molar-refractivity contribution is 7.07. The Morgan fingerprint density at radius 1 is 1.12 bits per heavy atom. The molecule has 1 aromatic carbocycles. The van der Waals surface area contributed by atoms with E-state index in [0.29, 0.717) is 10.6 Å². The topological polar surface area (TPSA) is 75.9 Å². The third kappa shape index (κ3) is 3.47. The van der Waals surface area contributed by atoms with Crippen molar-refractivity contribution in [3.05, 3.63) is 82.9 Å². The second-order valence-electron chi connectivity index (χ2n) is 5.35. The van der Waals surface area contributed by atoms with Crippen molar-refractivity contribution in [3.8, 4) is 17.2 Å². The van der Waals surface area contributed by atoms with E-state index in [2.05, 4.69) is 15.1 Å². The van der Waals surface area contributed by atoms with Crippen molar-refractivity contribution >= 4 is 23.2 Å². The molecule has 3 heterocycles. The fourth-order valence-electron chi connectivity index (χ4n) is 2.30. The van der Waals surface area contributed by atoms with Crippen LogP contribution in [-0.4, -0.2) is 21.0 Å². The standard InChI is InChI=1S/C19H14N4O2S/c24-16-7-5-14(6-8-16)11-21-23-17(18-4-2-10-25-18)13-26-19(23)22-15-3-1-9-20-12-15/h1-13,24H. The highest BCUT2D eigenvalue weighted by Gasteiger charge is 2.10. The van der Waals surface area contributed by atoms with E-state index in [9.17, 15) is 5.11 Å². The molecular weight excluding hydrogens is 348 g/mol. The zero-order chi connectivity index (χ0) is 17.8. The summed E-state index contributed by atoms with van der Waals surface area (Å²) < 4.78 is 7.24. The van der Waals surface area contributed by atoms with E-state index in [1.165, 1.54) is 11.3 Å². The normalized spacial score (nSPS) is 12.1. The lowest BCUT2D eigenvalue weighted by Crippen LogP contribution is -2.11. The van der Waals surface area contributed by atoms with Gasteiger partial charge in [-0.1, -0.05) is 0 Å². The van der Waals surface area contributed by atoms with Gasteiger partial charge in [0.05, 0.1) is 24.4 Å². The molecule has 128 valence electrons. The van der Waals surface area contributed by atoms with Crippen molar-refractivity contribution in [1.82, 2.24) is 9.66 Å². The molecule has 7 heteroatoms. The molecule has 0 atom stereocenters. The first-order valence-electron chi connectivity index (χ1n) is 7.82. The summed E-state index contributed by atoms with van der Waals surface area (Å²) in [5.74, 6) is 0.922. The average Bonchev–Trinajstić information content (AvgIpc) is 3.32. The van der Waals surface area contributed by atoms with Gasteiger partial charge in [-0.2, -0.15) is 5.10 Å². The summed E-state index contributed by atoms with van der Waals surface area (Å²) in [6.07, 6.45) is 6.74.